The number of nitrogens with one attached hydrogen (secondary N) is 2. The first kappa shape index (κ1) is 34.7. The third-order valence-corrected chi connectivity index (χ3v) is 6.04. The molecular formula is C22H45N2O8PS2. The van der Waals surface area contributed by atoms with Crippen molar-refractivity contribution in [2.45, 2.75) is 38.5 Å². The summed E-state index contributed by atoms with van der Waals surface area (Å²) in [6, 6.07) is 0. The molecule has 0 saturated carbocycles. The number of thiol groups is 1. The molecule has 0 aliphatic rings. The predicted octanol–water partition coefficient (Wildman–Crippen LogP) is 2.76. The van der Waals surface area contributed by atoms with Crippen molar-refractivity contribution in [3.05, 3.63) is 0 Å². The van der Waals surface area contributed by atoms with Gasteiger partial charge in [-0.05, 0) is 19.1 Å². The number of carbonyl (C=O) groups excluding carboxylic acids is 2. The minimum absolute atomic E-state index is 0.0233. The highest BCUT2D eigenvalue weighted by Crippen LogP contribution is 2.47. The van der Waals surface area contributed by atoms with Gasteiger partial charge in [0.2, 0.25) is 11.8 Å². The molecule has 13 heteroatoms. The summed E-state index contributed by atoms with van der Waals surface area (Å²) in [6.45, 7) is 4.00. The summed E-state index contributed by atoms with van der Waals surface area (Å²) in [5.41, 5.74) is 0. The van der Waals surface area contributed by atoms with Crippen LogP contribution in [0.15, 0.2) is 0 Å². The Balaban J connectivity index is 3.22. The van der Waals surface area contributed by atoms with E-state index in [0.717, 1.165) is 31.4 Å². The Bertz CT molecular complexity index is 570. The fourth-order valence-electron chi connectivity index (χ4n) is 2.60. The van der Waals surface area contributed by atoms with Crippen LogP contribution in [0.2, 0.25) is 0 Å². The molecule has 1 atom stereocenters. The van der Waals surface area contributed by atoms with E-state index in [9.17, 15) is 14.2 Å². The number of amides is 2. The summed E-state index contributed by atoms with van der Waals surface area (Å²) < 4.78 is 38.0. The Hall–Kier alpha value is -0.330. The molecule has 0 aromatic carbocycles. The van der Waals surface area contributed by atoms with Crippen LogP contribution in [0.1, 0.15) is 38.5 Å². The first-order valence-electron chi connectivity index (χ1n) is 12.1. The predicted molar refractivity (Wildman–Crippen MR) is 144 cm³/mol. The van der Waals surface area contributed by atoms with Crippen LogP contribution in [0, 0.1) is 0 Å². The SMILES string of the molecule is CSCCC(=O)NCCOCCOCCOCCOCCC(=O)NCCCCCCOP(C)(=O)S. The molecule has 0 saturated heterocycles. The average Bonchev–Trinajstić information content (AvgIpc) is 2.81. The lowest BCUT2D eigenvalue weighted by molar-refractivity contribution is -0.122. The molecule has 35 heavy (non-hydrogen) atoms. The van der Waals surface area contributed by atoms with E-state index in [-0.39, 0.29) is 11.8 Å². The molecule has 0 fully saturated rings. The highest BCUT2D eigenvalue weighted by atomic mass is 32.7. The number of rotatable bonds is 26. The van der Waals surface area contributed by atoms with Gasteiger partial charge in [-0.3, -0.25) is 14.2 Å². The maximum Gasteiger partial charge on any atom is 0.251 e. The van der Waals surface area contributed by atoms with Crippen molar-refractivity contribution in [3.63, 3.8) is 0 Å². The Morgan fingerprint density at radius 3 is 1.83 bits per heavy atom. The van der Waals surface area contributed by atoms with E-state index in [1.165, 1.54) is 6.66 Å². The van der Waals surface area contributed by atoms with Gasteiger partial charge in [-0.2, -0.15) is 11.8 Å². The number of hydrogen-bond acceptors (Lipinski definition) is 9. The van der Waals surface area contributed by atoms with Crippen LogP contribution in [0.3, 0.4) is 0 Å². The molecular weight excluding hydrogens is 515 g/mol. The van der Waals surface area contributed by atoms with Crippen LogP contribution in [0.4, 0.5) is 0 Å². The fourth-order valence-corrected chi connectivity index (χ4v) is 3.71. The standard InChI is InChI=1S/C22H45N2O8PS2/c1-33(27,34)32-11-6-4-3-5-9-23-21(25)7-12-28-14-16-30-18-19-31-17-15-29-13-10-24-22(26)8-20-35-2/h3-20H2,1-2H3,(H,23,25)(H,24,26)(H,27,34). The molecule has 2 amide bonds. The van der Waals surface area contributed by atoms with Crippen molar-refractivity contribution in [1.82, 2.24) is 10.6 Å². The summed E-state index contributed by atoms with van der Waals surface area (Å²) in [7, 11) is 0. The first-order chi connectivity index (χ1) is 16.8. The van der Waals surface area contributed by atoms with Gasteiger partial charge in [0.25, 0.3) is 6.57 Å². The summed E-state index contributed by atoms with van der Waals surface area (Å²) in [5, 5.41) is 5.67. The second-order valence-corrected chi connectivity index (χ2v) is 12.7. The summed E-state index contributed by atoms with van der Waals surface area (Å²) in [4.78, 5) is 23.1. The lowest BCUT2D eigenvalue weighted by atomic mass is 10.2. The van der Waals surface area contributed by atoms with Crippen LogP contribution < -0.4 is 10.6 Å². The quantitative estimate of drug-likeness (QED) is 0.0833. The van der Waals surface area contributed by atoms with Gasteiger partial charge in [0.15, 0.2) is 0 Å². The number of hydrogen-bond donors (Lipinski definition) is 3. The van der Waals surface area contributed by atoms with Gasteiger partial charge in [-0.15, -0.1) is 0 Å². The van der Waals surface area contributed by atoms with Gasteiger partial charge in [0.1, 0.15) is 0 Å². The summed E-state index contributed by atoms with van der Waals surface area (Å²) in [5.74, 6) is 0.856. The molecule has 0 heterocycles. The molecule has 1 unspecified atom stereocenters. The first-order valence-corrected chi connectivity index (χ1v) is 16.7. The summed E-state index contributed by atoms with van der Waals surface area (Å²) >= 11 is 5.52. The number of unbranched alkanes of at least 4 members (excludes halogenated alkanes) is 3. The van der Waals surface area contributed by atoms with Crippen molar-refractivity contribution in [1.29, 1.82) is 0 Å². The minimum Gasteiger partial charge on any atom is -0.379 e. The molecule has 0 bridgehead atoms. The highest BCUT2D eigenvalue weighted by Gasteiger charge is 2.07. The maximum absolute atomic E-state index is 11.7. The van der Waals surface area contributed by atoms with Gasteiger partial charge in [-0.25, -0.2) is 0 Å². The van der Waals surface area contributed by atoms with E-state index in [1.54, 1.807) is 11.8 Å². The smallest absolute Gasteiger partial charge is 0.251 e. The molecule has 2 N–H and O–H groups in total. The molecule has 0 aromatic rings. The lowest BCUT2D eigenvalue weighted by Crippen LogP contribution is -2.27. The number of carbonyl (C=O) groups is 2. The van der Waals surface area contributed by atoms with Crippen LogP contribution in [-0.4, -0.2) is 103 Å². The second-order valence-electron chi connectivity index (χ2n) is 7.69. The molecule has 0 spiro atoms. The number of thioether (sulfide) groups is 1. The monoisotopic (exact) mass is 560 g/mol. The van der Waals surface area contributed by atoms with Gasteiger partial charge in [0.05, 0.1) is 59.5 Å². The average molecular weight is 561 g/mol. The van der Waals surface area contributed by atoms with Crippen molar-refractivity contribution in [2.75, 3.05) is 91.2 Å². The van der Waals surface area contributed by atoms with Crippen molar-refractivity contribution in [3.8, 4) is 0 Å². The Kier molecular flexibility index (Phi) is 25.1. The topological polar surface area (TPSA) is 121 Å². The zero-order valence-electron chi connectivity index (χ0n) is 21.3. The van der Waals surface area contributed by atoms with Crippen molar-refractivity contribution < 1.29 is 37.6 Å². The van der Waals surface area contributed by atoms with Crippen LogP contribution >= 0.6 is 30.6 Å². The van der Waals surface area contributed by atoms with E-state index < -0.39 is 6.57 Å². The normalized spacial score (nSPS) is 12.9. The van der Waals surface area contributed by atoms with Gasteiger partial charge >= 0.3 is 0 Å². The Labute approximate surface area is 220 Å². The number of ether oxygens (including phenoxy) is 4. The van der Waals surface area contributed by atoms with Gasteiger partial charge in [-0.1, -0.05) is 25.1 Å². The molecule has 0 aliphatic heterocycles. The zero-order valence-corrected chi connectivity index (χ0v) is 23.9. The highest BCUT2D eigenvalue weighted by molar-refractivity contribution is 8.46. The van der Waals surface area contributed by atoms with Crippen molar-refractivity contribution >= 4 is 42.4 Å². The molecule has 0 aliphatic carbocycles. The third-order valence-electron chi connectivity index (χ3n) is 4.42. The van der Waals surface area contributed by atoms with Crippen LogP contribution in [0.5, 0.6) is 0 Å². The fraction of sp³-hybridized carbons (Fsp3) is 0.909. The largest absolute Gasteiger partial charge is 0.379 e. The van der Waals surface area contributed by atoms with Crippen LogP contribution in [-0.2, 0) is 37.6 Å². The Morgan fingerprint density at radius 2 is 1.23 bits per heavy atom. The summed E-state index contributed by atoms with van der Waals surface area (Å²) in [6.07, 6.45) is 6.51. The van der Waals surface area contributed by atoms with Crippen LogP contribution in [0.25, 0.3) is 0 Å². The molecule has 0 aromatic heterocycles. The molecule has 0 radical (unpaired) electrons. The molecule has 208 valence electrons. The molecule has 0 rings (SSSR count). The maximum atomic E-state index is 11.7. The third kappa shape index (κ3) is 29.8. The minimum atomic E-state index is -2.68. The molecule has 10 nitrogen and oxygen atoms in total. The lowest BCUT2D eigenvalue weighted by Gasteiger charge is -2.09. The van der Waals surface area contributed by atoms with E-state index in [4.69, 9.17) is 23.5 Å². The second kappa shape index (κ2) is 25.3. The van der Waals surface area contributed by atoms with E-state index >= 15 is 0 Å². The van der Waals surface area contributed by atoms with E-state index in [1.807, 2.05) is 6.26 Å². The zero-order chi connectivity index (χ0) is 26.0. The van der Waals surface area contributed by atoms with Gasteiger partial charge in [0, 0.05) is 38.3 Å². The Morgan fingerprint density at radius 1 is 0.714 bits per heavy atom. The van der Waals surface area contributed by atoms with Gasteiger partial charge < -0.3 is 34.1 Å². The van der Waals surface area contributed by atoms with Crippen molar-refractivity contribution in [2.24, 2.45) is 0 Å². The van der Waals surface area contributed by atoms with E-state index in [2.05, 4.69) is 22.9 Å². The van der Waals surface area contributed by atoms with E-state index in [0.29, 0.717) is 85.4 Å².